The molecule has 19 heteroatoms. The summed E-state index contributed by atoms with van der Waals surface area (Å²) < 4.78 is 68.3. The molecule has 0 bridgehead atoms. The highest BCUT2D eigenvalue weighted by Crippen LogP contribution is 2.45. The molecule has 0 aliphatic rings. The molecule has 0 aliphatic heterocycles. The molecular weight excluding hydrogens is 1190 g/mol. The van der Waals surface area contributed by atoms with E-state index in [2.05, 4.69) is 55.4 Å². The Kier molecular flexibility index (Phi) is 59.4. The molecule has 90 heavy (non-hydrogen) atoms. The van der Waals surface area contributed by atoms with Crippen molar-refractivity contribution < 1.29 is 80.2 Å². The first-order chi connectivity index (χ1) is 43.1. The van der Waals surface area contributed by atoms with Gasteiger partial charge in [0.2, 0.25) is 0 Å². The summed E-state index contributed by atoms with van der Waals surface area (Å²) in [6.45, 7) is 14.1. The molecule has 4 unspecified atom stereocenters. The van der Waals surface area contributed by atoms with Gasteiger partial charge in [-0.05, 0) is 49.4 Å². The average Bonchev–Trinajstić information content (AvgIpc) is 2.69. The Morgan fingerprint density at radius 1 is 0.311 bits per heavy atom. The van der Waals surface area contributed by atoms with Gasteiger partial charge in [0, 0.05) is 25.7 Å². The van der Waals surface area contributed by atoms with Gasteiger partial charge in [-0.1, -0.05) is 299 Å². The third kappa shape index (κ3) is 63.5. The monoisotopic (exact) mass is 1320 g/mol. The van der Waals surface area contributed by atoms with Crippen LogP contribution in [-0.4, -0.2) is 96.7 Å². The lowest BCUT2D eigenvalue weighted by Crippen LogP contribution is -2.30. The van der Waals surface area contributed by atoms with Crippen LogP contribution in [-0.2, 0) is 65.4 Å². The third-order valence-electron chi connectivity index (χ3n) is 16.7. The minimum absolute atomic E-state index is 0.102. The van der Waals surface area contributed by atoms with Crippen LogP contribution >= 0.6 is 15.6 Å². The van der Waals surface area contributed by atoms with Gasteiger partial charge in [0.1, 0.15) is 19.3 Å². The second kappa shape index (κ2) is 60.7. The lowest BCUT2D eigenvalue weighted by atomic mass is 9.99. The summed E-state index contributed by atoms with van der Waals surface area (Å²) in [7, 11) is -9.90. The number of hydrogen-bond donors (Lipinski definition) is 3. The van der Waals surface area contributed by atoms with Crippen molar-refractivity contribution in [2.24, 2.45) is 23.7 Å². The number of carbonyl (C=O) groups is 4. The van der Waals surface area contributed by atoms with Crippen molar-refractivity contribution in [3.8, 4) is 0 Å². The van der Waals surface area contributed by atoms with Gasteiger partial charge in [0.15, 0.2) is 12.2 Å². The first-order valence-electron chi connectivity index (χ1n) is 36.7. The van der Waals surface area contributed by atoms with Crippen LogP contribution in [0.15, 0.2) is 0 Å². The van der Waals surface area contributed by atoms with Gasteiger partial charge in [-0.3, -0.25) is 37.3 Å². The number of ether oxygens (including phenoxy) is 4. The first-order valence-corrected chi connectivity index (χ1v) is 39.7. The Morgan fingerprint density at radius 2 is 0.533 bits per heavy atom. The molecule has 0 heterocycles. The number of unbranched alkanes of at least 4 members (excludes halogenated alkanes) is 33. The molecular formula is C71H138O17P2. The van der Waals surface area contributed by atoms with Gasteiger partial charge in [-0.25, -0.2) is 9.13 Å². The summed E-state index contributed by atoms with van der Waals surface area (Å²) >= 11 is 0. The first kappa shape index (κ1) is 88.1. The third-order valence-corrected chi connectivity index (χ3v) is 18.6. The van der Waals surface area contributed by atoms with E-state index in [4.69, 9.17) is 37.0 Å². The fraction of sp³-hybridized carbons (Fsp3) is 0.944. The second-order valence-electron chi connectivity index (χ2n) is 27.3. The number of hydrogen-bond acceptors (Lipinski definition) is 15. The summed E-state index contributed by atoms with van der Waals surface area (Å²) in [6.07, 6.45) is 43.2. The molecule has 0 amide bonds. The smallest absolute Gasteiger partial charge is 0.462 e. The van der Waals surface area contributed by atoms with Crippen LogP contribution in [0.5, 0.6) is 0 Å². The predicted molar refractivity (Wildman–Crippen MR) is 363 cm³/mol. The molecule has 0 saturated carbocycles. The Hall–Kier alpha value is -1.94. The second-order valence-corrected chi connectivity index (χ2v) is 30.2. The minimum Gasteiger partial charge on any atom is -0.462 e. The van der Waals surface area contributed by atoms with Crippen molar-refractivity contribution in [3.05, 3.63) is 0 Å². The van der Waals surface area contributed by atoms with E-state index in [1.807, 2.05) is 0 Å². The molecule has 3 N–H and O–H groups in total. The number of rotatable bonds is 68. The Labute approximate surface area is 549 Å². The maximum absolute atomic E-state index is 13.0. The standard InChI is InChI=1S/C71H138O17P2/c1-9-64(8)50-42-34-26-18-15-16-20-28-37-45-53-70(75)87-66(57-81-68(73)51-43-35-27-19-14-12-10-11-13-17-23-31-39-47-61(2)3)59-85-89(77,78)83-55-65(72)56-84-90(79,80)86-60-67(88-71(76)54-46-38-30-22-25-33-41-49-63(6)7)58-82-69(74)52-44-36-29-21-24-32-40-48-62(4)5/h61-67,72H,9-60H2,1-8H3,(H,77,78)(H,79,80)/t64?,65?,66-,67-/m1/s1. The number of carbonyl (C=O) groups excluding carboxylic acids is 4. The molecule has 0 aromatic rings. The molecule has 0 rings (SSSR count). The van der Waals surface area contributed by atoms with Crippen LogP contribution in [0, 0.1) is 23.7 Å². The van der Waals surface area contributed by atoms with Crippen LogP contribution in [0.3, 0.4) is 0 Å². The lowest BCUT2D eigenvalue weighted by molar-refractivity contribution is -0.161. The number of phosphoric ester groups is 2. The molecule has 534 valence electrons. The van der Waals surface area contributed by atoms with E-state index < -0.39 is 97.5 Å². The Balaban J connectivity index is 5.24. The molecule has 0 aromatic carbocycles. The fourth-order valence-corrected chi connectivity index (χ4v) is 12.2. The molecule has 0 saturated heterocycles. The van der Waals surface area contributed by atoms with Crippen LogP contribution in [0.4, 0.5) is 0 Å². The highest BCUT2D eigenvalue weighted by Gasteiger charge is 2.30. The SMILES string of the molecule is CCC(C)CCCCCCCCCCCCC(=O)O[C@H](COC(=O)CCCCCCCCCCCCCCCC(C)C)COP(=O)(O)OCC(O)COP(=O)(O)OC[C@@H](COC(=O)CCCCCCCCCC(C)C)OC(=O)CCCCCCCCCC(C)C. The molecule has 0 fully saturated rings. The van der Waals surface area contributed by atoms with E-state index in [1.165, 1.54) is 148 Å². The molecule has 0 aromatic heterocycles. The predicted octanol–water partition coefficient (Wildman–Crippen LogP) is 20.1. The highest BCUT2D eigenvalue weighted by molar-refractivity contribution is 7.47. The lowest BCUT2D eigenvalue weighted by Gasteiger charge is -2.21. The molecule has 17 nitrogen and oxygen atoms in total. The highest BCUT2D eigenvalue weighted by atomic mass is 31.2. The van der Waals surface area contributed by atoms with E-state index in [-0.39, 0.29) is 25.7 Å². The van der Waals surface area contributed by atoms with Crippen molar-refractivity contribution in [3.63, 3.8) is 0 Å². The summed E-state index contributed by atoms with van der Waals surface area (Å²) in [4.78, 5) is 72.5. The number of aliphatic hydroxyl groups excluding tert-OH is 1. The van der Waals surface area contributed by atoms with Gasteiger partial charge in [-0.2, -0.15) is 0 Å². The number of phosphoric acid groups is 2. The van der Waals surface area contributed by atoms with E-state index in [0.29, 0.717) is 37.5 Å². The Bertz CT molecular complexity index is 1780. The van der Waals surface area contributed by atoms with E-state index in [9.17, 15) is 43.2 Å². The molecule has 0 radical (unpaired) electrons. The van der Waals surface area contributed by atoms with Gasteiger partial charge >= 0.3 is 39.5 Å². The largest absolute Gasteiger partial charge is 0.472 e. The van der Waals surface area contributed by atoms with Crippen molar-refractivity contribution in [2.45, 2.75) is 369 Å². The van der Waals surface area contributed by atoms with Crippen LogP contribution < -0.4 is 0 Å². The Morgan fingerprint density at radius 3 is 0.789 bits per heavy atom. The van der Waals surface area contributed by atoms with E-state index in [1.54, 1.807) is 0 Å². The maximum atomic E-state index is 13.0. The molecule has 0 spiro atoms. The number of esters is 4. The zero-order valence-corrected chi connectivity index (χ0v) is 60.6. The summed E-state index contributed by atoms with van der Waals surface area (Å²) in [5, 5.41) is 10.6. The van der Waals surface area contributed by atoms with Gasteiger partial charge in [0.25, 0.3) is 0 Å². The normalized spacial score (nSPS) is 14.6. The van der Waals surface area contributed by atoms with Crippen LogP contribution in [0.25, 0.3) is 0 Å². The van der Waals surface area contributed by atoms with Crippen LogP contribution in [0.2, 0.25) is 0 Å². The van der Waals surface area contributed by atoms with Crippen molar-refractivity contribution >= 4 is 39.5 Å². The van der Waals surface area contributed by atoms with Crippen LogP contribution in [0.1, 0.15) is 351 Å². The fourth-order valence-electron chi connectivity index (χ4n) is 10.6. The van der Waals surface area contributed by atoms with Crippen molar-refractivity contribution in [1.29, 1.82) is 0 Å². The zero-order chi connectivity index (χ0) is 66.8. The van der Waals surface area contributed by atoms with E-state index >= 15 is 0 Å². The number of aliphatic hydroxyl groups is 1. The van der Waals surface area contributed by atoms with E-state index in [0.717, 1.165) is 108 Å². The minimum atomic E-state index is -4.95. The molecule has 0 aliphatic carbocycles. The molecule has 6 atom stereocenters. The maximum Gasteiger partial charge on any atom is 0.472 e. The average molecular weight is 1330 g/mol. The quantitative estimate of drug-likeness (QED) is 0.0222. The van der Waals surface area contributed by atoms with Gasteiger partial charge in [0.05, 0.1) is 26.4 Å². The zero-order valence-electron chi connectivity index (χ0n) is 58.8. The van der Waals surface area contributed by atoms with Crippen molar-refractivity contribution in [2.75, 3.05) is 39.6 Å². The summed E-state index contributed by atoms with van der Waals surface area (Å²) in [5.41, 5.74) is 0. The van der Waals surface area contributed by atoms with Crippen molar-refractivity contribution in [1.82, 2.24) is 0 Å². The topological polar surface area (TPSA) is 237 Å². The summed E-state index contributed by atoms with van der Waals surface area (Å²) in [5.74, 6) is 0.864. The van der Waals surface area contributed by atoms with Gasteiger partial charge < -0.3 is 33.8 Å². The summed E-state index contributed by atoms with van der Waals surface area (Å²) in [6, 6.07) is 0. The van der Waals surface area contributed by atoms with Gasteiger partial charge in [-0.15, -0.1) is 0 Å².